The van der Waals surface area contributed by atoms with Crippen LogP contribution < -0.4 is 0 Å². The lowest BCUT2D eigenvalue weighted by Crippen LogP contribution is -2.19. The van der Waals surface area contributed by atoms with Gasteiger partial charge in [0.25, 0.3) is 0 Å². The zero-order chi connectivity index (χ0) is 17.5. The van der Waals surface area contributed by atoms with Crippen molar-refractivity contribution in [1.29, 1.82) is 0 Å². The first kappa shape index (κ1) is 21.8. The molecule has 0 unspecified atom stereocenters. The third-order valence-corrected chi connectivity index (χ3v) is 5.92. The molecule has 0 heterocycles. The molecule has 0 aliphatic heterocycles. The van der Waals surface area contributed by atoms with Gasteiger partial charge in [0, 0.05) is 23.0 Å². The van der Waals surface area contributed by atoms with Gasteiger partial charge in [0.15, 0.2) is 6.29 Å². The average Bonchev–Trinajstić information content (AvgIpc) is 2.63. The Kier molecular flexibility index (Phi) is 13.7. The molecule has 0 amide bonds. The van der Waals surface area contributed by atoms with Crippen molar-refractivity contribution in [2.45, 2.75) is 29.9 Å². The van der Waals surface area contributed by atoms with Crippen LogP contribution >= 0.6 is 44.0 Å². The van der Waals surface area contributed by atoms with E-state index in [2.05, 4.69) is 60.2 Å². The maximum atomic E-state index is 5.23. The van der Waals surface area contributed by atoms with Crippen LogP contribution in [0.1, 0.15) is 13.8 Å². The second-order valence-electron chi connectivity index (χ2n) is 4.43. The Bertz CT molecular complexity index is 457. The van der Waals surface area contributed by atoms with E-state index < -0.39 is 0 Å². The molecule has 2 aromatic rings. The monoisotopic (exact) mass is 400 g/mol. The van der Waals surface area contributed by atoms with Gasteiger partial charge in [0.1, 0.15) is 0 Å². The SMILES string of the molecule is CCOC(CSS)OCC.c1ccc(SSc2ccccc2)cc1. The van der Waals surface area contributed by atoms with E-state index in [1.165, 1.54) is 20.6 Å². The minimum Gasteiger partial charge on any atom is -0.352 e. The molecular formula is C18H24O2S4. The summed E-state index contributed by atoms with van der Waals surface area (Å²) in [5, 5.41) is 0. The molecule has 0 aliphatic carbocycles. The van der Waals surface area contributed by atoms with Crippen molar-refractivity contribution in [3.8, 4) is 0 Å². The quantitative estimate of drug-likeness (QED) is 0.295. The number of rotatable bonds is 9. The first-order chi connectivity index (χ1) is 11.8. The summed E-state index contributed by atoms with van der Waals surface area (Å²) in [6.45, 7) is 5.29. The topological polar surface area (TPSA) is 18.5 Å². The fraction of sp³-hybridized carbons (Fsp3) is 0.333. The summed E-state index contributed by atoms with van der Waals surface area (Å²) in [6.07, 6.45) is -0.0856. The van der Waals surface area contributed by atoms with Crippen molar-refractivity contribution in [3.63, 3.8) is 0 Å². The van der Waals surface area contributed by atoms with Crippen LogP contribution in [-0.4, -0.2) is 25.3 Å². The van der Waals surface area contributed by atoms with E-state index in [0.29, 0.717) is 13.2 Å². The Morgan fingerprint density at radius 2 is 1.21 bits per heavy atom. The van der Waals surface area contributed by atoms with E-state index in [9.17, 15) is 0 Å². The predicted octanol–water partition coefficient (Wildman–Crippen LogP) is 6.45. The summed E-state index contributed by atoms with van der Waals surface area (Å²) in [4.78, 5) is 2.59. The van der Waals surface area contributed by atoms with Crippen molar-refractivity contribution in [2.75, 3.05) is 19.0 Å². The molecule has 0 spiro atoms. The zero-order valence-electron chi connectivity index (χ0n) is 14.0. The van der Waals surface area contributed by atoms with Crippen LogP contribution in [0.5, 0.6) is 0 Å². The van der Waals surface area contributed by atoms with Crippen molar-refractivity contribution in [2.24, 2.45) is 0 Å². The summed E-state index contributed by atoms with van der Waals surface area (Å²) in [5.41, 5.74) is 0. The van der Waals surface area contributed by atoms with Gasteiger partial charge >= 0.3 is 0 Å². The highest BCUT2D eigenvalue weighted by Gasteiger charge is 2.05. The summed E-state index contributed by atoms with van der Waals surface area (Å²) >= 11 is 4.00. The Morgan fingerprint density at radius 3 is 1.54 bits per heavy atom. The molecule has 2 aromatic carbocycles. The highest BCUT2D eigenvalue weighted by atomic mass is 33.1. The Hall–Kier alpha value is -0.240. The smallest absolute Gasteiger partial charge is 0.167 e. The van der Waals surface area contributed by atoms with Gasteiger partial charge in [-0.25, -0.2) is 0 Å². The molecule has 0 atom stereocenters. The van der Waals surface area contributed by atoms with Crippen LogP contribution in [0.25, 0.3) is 0 Å². The molecule has 0 N–H and O–H groups in total. The van der Waals surface area contributed by atoms with Crippen molar-refractivity contribution < 1.29 is 9.47 Å². The predicted molar refractivity (Wildman–Crippen MR) is 113 cm³/mol. The Labute approximate surface area is 162 Å². The summed E-state index contributed by atoms with van der Waals surface area (Å²) < 4.78 is 10.5. The number of thiol groups is 1. The molecule has 132 valence electrons. The Morgan fingerprint density at radius 1 is 0.792 bits per heavy atom. The van der Waals surface area contributed by atoms with Gasteiger partial charge in [-0.05, 0) is 38.1 Å². The highest BCUT2D eigenvalue weighted by Crippen LogP contribution is 2.36. The fourth-order valence-electron chi connectivity index (χ4n) is 1.63. The molecule has 0 fully saturated rings. The van der Waals surface area contributed by atoms with E-state index >= 15 is 0 Å². The van der Waals surface area contributed by atoms with Crippen molar-refractivity contribution in [1.82, 2.24) is 0 Å². The van der Waals surface area contributed by atoms with Crippen LogP contribution in [0.3, 0.4) is 0 Å². The minimum absolute atomic E-state index is 0.0856. The fourth-order valence-corrected chi connectivity index (χ4v) is 4.28. The van der Waals surface area contributed by atoms with Gasteiger partial charge in [-0.2, -0.15) is 0 Å². The van der Waals surface area contributed by atoms with Crippen molar-refractivity contribution >= 4 is 44.0 Å². The highest BCUT2D eigenvalue weighted by molar-refractivity contribution is 8.76. The zero-order valence-corrected chi connectivity index (χ0v) is 17.3. The lowest BCUT2D eigenvalue weighted by Gasteiger charge is -2.14. The molecule has 2 rings (SSSR count). The second kappa shape index (κ2) is 15.0. The van der Waals surface area contributed by atoms with Crippen LogP contribution in [0.4, 0.5) is 0 Å². The van der Waals surface area contributed by atoms with Crippen LogP contribution in [0.2, 0.25) is 0 Å². The summed E-state index contributed by atoms with van der Waals surface area (Å²) in [6, 6.07) is 20.8. The molecule has 0 saturated heterocycles. The lowest BCUT2D eigenvalue weighted by molar-refractivity contribution is -0.119. The second-order valence-corrected chi connectivity index (χ2v) is 8.07. The van der Waals surface area contributed by atoms with Gasteiger partial charge in [-0.3, -0.25) is 0 Å². The third-order valence-electron chi connectivity index (χ3n) is 2.64. The molecule has 0 radical (unpaired) electrons. The first-order valence-electron chi connectivity index (χ1n) is 7.74. The number of hydrogen-bond donors (Lipinski definition) is 1. The molecular weight excluding hydrogens is 376 g/mol. The maximum absolute atomic E-state index is 5.23. The van der Waals surface area contributed by atoms with Gasteiger partial charge in [0.2, 0.25) is 0 Å². The normalized spacial score (nSPS) is 10.3. The summed E-state index contributed by atoms with van der Waals surface area (Å²) in [7, 11) is 5.01. The number of ether oxygens (including phenoxy) is 2. The number of hydrogen-bond acceptors (Lipinski definition) is 6. The van der Waals surface area contributed by atoms with E-state index in [0.717, 1.165) is 5.75 Å². The summed E-state index contributed by atoms with van der Waals surface area (Å²) in [5.74, 6) is 0.783. The molecule has 6 heteroatoms. The van der Waals surface area contributed by atoms with E-state index in [1.54, 1.807) is 21.6 Å². The van der Waals surface area contributed by atoms with E-state index in [1.807, 2.05) is 26.0 Å². The van der Waals surface area contributed by atoms with Crippen LogP contribution in [-0.2, 0) is 9.47 Å². The standard InChI is InChI=1S/C12H10S2.C6H14O2S2/c1-3-7-11(8-4-1)13-14-12-9-5-2-6-10-12;1-3-7-6(5-10-9)8-4-2/h1-10H;6,9H,3-5H2,1-2H3. The van der Waals surface area contributed by atoms with Gasteiger partial charge < -0.3 is 9.47 Å². The molecule has 0 aliphatic rings. The number of benzene rings is 2. The van der Waals surface area contributed by atoms with E-state index in [-0.39, 0.29) is 6.29 Å². The third kappa shape index (κ3) is 10.6. The molecule has 0 bridgehead atoms. The molecule has 24 heavy (non-hydrogen) atoms. The maximum Gasteiger partial charge on any atom is 0.167 e. The first-order valence-corrected chi connectivity index (χ1v) is 11.9. The lowest BCUT2D eigenvalue weighted by atomic mass is 10.4. The van der Waals surface area contributed by atoms with Gasteiger partial charge in [-0.1, -0.05) is 68.8 Å². The Balaban J connectivity index is 0.000000257. The minimum atomic E-state index is -0.0856. The van der Waals surface area contributed by atoms with Crippen LogP contribution in [0, 0.1) is 0 Å². The molecule has 0 saturated carbocycles. The average molecular weight is 401 g/mol. The van der Waals surface area contributed by atoms with Crippen molar-refractivity contribution in [3.05, 3.63) is 60.7 Å². The molecule has 0 aromatic heterocycles. The largest absolute Gasteiger partial charge is 0.352 e. The van der Waals surface area contributed by atoms with Gasteiger partial charge in [-0.15, -0.1) is 11.7 Å². The van der Waals surface area contributed by atoms with Gasteiger partial charge in [0.05, 0.1) is 5.75 Å². The molecule has 2 nitrogen and oxygen atoms in total. The van der Waals surface area contributed by atoms with E-state index in [4.69, 9.17) is 9.47 Å². The van der Waals surface area contributed by atoms with Crippen LogP contribution in [0.15, 0.2) is 70.5 Å².